The number of hydrogen-bond acceptors (Lipinski definition) is 0. The Labute approximate surface area is 152 Å². The zero-order valence-electron chi connectivity index (χ0n) is 11.9. The maximum atomic E-state index is 2.84. The van der Waals surface area contributed by atoms with Crippen LogP contribution >= 0.6 is 50.3 Å². The second kappa shape index (κ2) is 7.06. The summed E-state index contributed by atoms with van der Waals surface area (Å²) in [5.74, 6) is 0. The monoisotopic (exact) mass is 452 g/mol. The summed E-state index contributed by atoms with van der Waals surface area (Å²) in [6.45, 7) is 0. The quantitative estimate of drug-likeness (QED) is 0.406. The molecule has 3 atom stereocenters. The SMILES string of the molecule is Pc1ccc(-c2ccc(-c3ccc(P)cc3P)c(I)c2)cc1. The van der Waals surface area contributed by atoms with Gasteiger partial charge >= 0.3 is 0 Å². The van der Waals surface area contributed by atoms with Gasteiger partial charge in [0.2, 0.25) is 0 Å². The molecular weight excluding hydrogens is 436 g/mol. The van der Waals surface area contributed by atoms with E-state index in [1.807, 2.05) is 0 Å². The van der Waals surface area contributed by atoms with E-state index in [0.717, 1.165) is 0 Å². The third-order valence-electron chi connectivity index (χ3n) is 3.58. The minimum absolute atomic E-state index is 1.21. The van der Waals surface area contributed by atoms with E-state index in [1.165, 1.54) is 41.7 Å². The third-order valence-corrected chi connectivity index (χ3v) is 5.69. The van der Waals surface area contributed by atoms with E-state index in [-0.39, 0.29) is 0 Å². The molecule has 0 N–H and O–H groups in total. The van der Waals surface area contributed by atoms with Crippen LogP contribution in [0.15, 0.2) is 60.7 Å². The number of benzene rings is 3. The van der Waals surface area contributed by atoms with Crippen LogP contribution in [0.5, 0.6) is 0 Å². The summed E-state index contributed by atoms with van der Waals surface area (Å²) in [4.78, 5) is 0. The summed E-state index contributed by atoms with van der Waals surface area (Å²) in [6.07, 6.45) is 0. The molecule has 3 aromatic carbocycles. The molecule has 0 aliphatic heterocycles. The molecule has 0 radical (unpaired) electrons. The molecule has 0 aliphatic carbocycles. The van der Waals surface area contributed by atoms with Gasteiger partial charge in [0.25, 0.3) is 0 Å². The van der Waals surface area contributed by atoms with Gasteiger partial charge in [-0.15, -0.1) is 27.7 Å². The smallest absolute Gasteiger partial charge is 0.0215 e. The summed E-state index contributed by atoms with van der Waals surface area (Å²) < 4.78 is 1.27. The van der Waals surface area contributed by atoms with Crippen LogP contribution in [0.1, 0.15) is 0 Å². The van der Waals surface area contributed by atoms with E-state index >= 15 is 0 Å². The van der Waals surface area contributed by atoms with Crippen LogP contribution in [0.2, 0.25) is 0 Å². The zero-order chi connectivity index (χ0) is 15.7. The summed E-state index contributed by atoms with van der Waals surface area (Å²) in [6, 6.07) is 21.7. The Hall–Kier alpha value is -0.320. The summed E-state index contributed by atoms with van der Waals surface area (Å²) in [7, 11) is 8.31. The molecule has 3 aromatic rings. The lowest BCUT2D eigenvalue weighted by molar-refractivity contribution is 1.58. The van der Waals surface area contributed by atoms with E-state index in [0.29, 0.717) is 0 Å². The van der Waals surface area contributed by atoms with Crippen molar-refractivity contribution in [1.82, 2.24) is 0 Å². The van der Waals surface area contributed by atoms with Gasteiger partial charge in [0.1, 0.15) is 0 Å². The van der Waals surface area contributed by atoms with Crippen molar-refractivity contribution in [2.24, 2.45) is 0 Å². The Morgan fingerprint density at radius 1 is 0.591 bits per heavy atom. The van der Waals surface area contributed by atoms with Crippen LogP contribution in [-0.2, 0) is 0 Å². The van der Waals surface area contributed by atoms with Gasteiger partial charge in [0.15, 0.2) is 0 Å². The summed E-state index contributed by atoms with van der Waals surface area (Å²) >= 11 is 2.43. The molecule has 0 spiro atoms. The molecule has 0 nitrogen and oxygen atoms in total. The largest absolute Gasteiger partial charge is 0.106 e. The van der Waals surface area contributed by atoms with Crippen LogP contribution in [0.3, 0.4) is 0 Å². The molecule has 0 heterocycles. The predicted molar refractivity (Wildman–Crippen MR) is 118 cm³/mol. The molecule has 3 rings (SSSR count). The fourth-order valence-corrected chi connectivity index (χ4v) is 4.33. The highest BCUT2D eigenvalue weighted by atomic mass is 127. The van der Waals surface area contributed by atoms with Gasteiger partial charge in [-0.2, -0.15) is 0 Å². The van der Waals surface area contributed by atoms with Gasteiger partial charge < -0.3 is 0 Å². The third kappa shape index (κ3) is 3.60. The average Bonchev–Trinajstić information content (AvgIpc) is 2.49. The Balaban J connectivity index is 2.04. The second-order valence-corrected chi connectivity index (χ2v) is 8.28. The van der Waals surface area contributed by atoms with Gasteiger partial charge in [-0.3, -0.25) is 0 Å². The molecule has 0 bridgehead atoms. The van der Waals surface area contributed by atoms with Crippen molar-refractivity contribution >= 4 is 66.2 Å². The Morgan fingerprint density at radius 3 is 1.82 bits per heavy atom. The lowest BCUT2D eigenvalue weighted by Gasteiger charge is -2.11. The van der Waals surface area contributed by atoms with E-state index in [9.17, 15) is 0 Å². The van der Waals surface area contributed by atoms with Crippen molar-refractivity contribution in [2.45, 2.75) is 0 Å². The second-order valence-electron chi connectivity index (χ2n) is 5.16. The van der Waals surface area contributed by atoms with Crippen molar-refractivity contribution in [3.8, 4) is 22.3 Å². The van der Waals surface area contributed by atoms with Crippen molar-refractivity contribution in [2.75, 3.05) is 0 Å². The van der Waals surface area contributed by atoms with E-state index in [4.69, 9.17) is 0 Å². The number of rotatable bonds is 2. The Kier molecular flexibility index (Phi) is 5.31. The van der Waals surface area contributed by atoms with Gasteiger partial charge in [0, 0.05) is 3.57 Å². The first-order valence-electron chi connectivity index (χ1n) is 6.85. The fraction of sp³-hybridized carbons (Fsp3) is 0. The fourth-order valence-electron chi connectivity index (χ4n) is 2.42. The molecule has 0 amide bonds. The van der Waals surface area contributed by atoms with E-state index in [1.54, 1.807) is 0 Å². The van der Waals surface area contributed by atoms with E-state index < -0.39 is 0 Å². The molecular formula is C18H16IP3. The number of halogens is 1. The normalized spacial score (nSPS) is 10.7. The van der Waals surface area contributed by atoms with Crippen LogP contribution < -0.4 is 15.9 Å². The molecule has 0 saturated heterocycles. The average molecular weight is 452 g/mol. The van der Waals surface area contributed by atoms with Crippen molar-refractivity contribution in [3.63, 3.8) is 0 Å². The van der Waals surface area contributed by atoms with Crippen molar-refractivity contribution in [1.29, 1.82) is 0 Å². The molecule has 0 aromatic heterocycles. The maximum Gasteiger partial charge on any atom is 0.0215 e. The highest BCUT2D eigenvalue weighted by Gasteiger charge is 2.08. The lowest BCUT2D eigenvalue weighted by atomic mass is 10.0. The number of hydrogen-bond donors (Lipinski definition) is 0. The van der Waals surface area contributed by atoms with Crippen LogP contribution in [-0.4, -0.2) is 0 Å². The predicted octanol–water partition coefficient (Wildman–Crippen LogP) is 4.13. The topological polar surface area (TPSA) is 0 Å². The Bertz CT molecular complexity index is 826. The molecule has 0 fully saturated rings. The summed E-state index contributed by atoms with van der Waals surface area (Å²) in [5, 5.41) is 3.64. The minimum atomic E-state index is 1.21. The summed E-state index contributed by atoms with van der Waals surface area (Å²) in [5.41, 5.74) is 5.06. The zero-order valence-corrected chi connectivity index (χ0v) is 17.5. The molecule has 0 aliphatic rings. The van der Waals surface area contributed by atoms with Gasteiger partial charge in [-0.05, 0) is 72.9 Å². The van der Waals surface area contributed by atoms with Crippen molar-refractivity contribution in [3.05, 3.63) is 64.2 Å². The van der Waals surface area contributed by atoms with Crippen molar-refractivity contribution < 1.29 is 0 Å². The van der Waals surface area contributed by atoms with Gasteiger partial charge in [-0.25, -0.2) is 0 Å². The van der Waals surface area contributed by atoms with Crippen LogP contribution in [0, 0.1) is 3.57 Å². The first-order chi connectivity index (χ1) is 10.5. The molecule has 4 heteroatoms. The molecule has 22 heavy (non-hydrogen) atoms. The van der Waals surface area contributed by atoms with Gasteiger partial charge in [-0.1, -0.05) is 48.5 Å². The molecule has 3 unspecified atom stereocenters. The van der Waals surface area contributed by atoms with E-state index in [2.05, 4.69) is 111 Å². The first-order valence-corrected chi connectivity index (χ1v) is 9.66. The lowest BCUT2D eigenvalue weighted by Crippen LogP contribution is -2.04. The van der Waals surface area contributed by atoms with Gasteiger partial charge in [0.05, 0.1) is 0 Å². The highest BCUT2D eigenvalue weighted by Crippen LogP contribution is 2.29. The first kappa shape index (κ1) is 16.5. The maximum absolute atomic E-state index is 2.84. The Morgan fingerprint density at radius 2 is 1.18 bits per heavy atom. The minimum Gasteiger partial charge on any atom is -0.106 e. The molecule has 0 saturated carbocycles. The van der Waals surface area contributed by atoms with Crippen LogP contribution in [0.4, 0.5) is 0 Å². The standard InChI is InChI=1S/C18H16IP3/c19-17-9-12(11-1-4-13(20)5-2-11)3-7-15(17)16-8-6-14(21)10-18(16)22/h1-10H,20-22H2. The molecule has 110 valence electrons. The van der Waals surface area contributed by atoms with Crippen LogP contribution in [0.25, 0.3) is 22.3 Å². The highest BCUT2D eigenvalue weighted by molar-refractivity contribution is 14.1.